The van der Waals surface area contributed by atoms with Crippen LogP contribution < -0.4 is 10.6 Å². The lowest BCUT2D eigenvalue weighted by Crippen LogP contribution is -2.33. The summed E-state index contributed by atoms with van der Waals surface area (Å²) in [7, 11) is 0. The van der Waals surface area contributed by atoms with Gasteiger partial charge in [0.1, 0.15) is 12.4 Å². The first-order chi connectivity index (χ1) is 8.60. The van der Waals surface area contributed by atoms with E-state index < -0.39 is 5.91 Å². The van der Waals surface area contributed by atoms with E-state index in [-0.39, 0.29) is 12.5 Å². The van der Waals surface area contributed by atoms with Crippen LogP contribution in [-0.4, -0.2) is 36.6 Å². The van der Waals surface area contributed by atoms with Gasteiger partial charge in [-0.25, -0.2) is 4.98 Å². The molecule has 0 radical (unpaired) electrons. The predicted octanol–water partition coefficient (Wildman–Crippen LogP) is 0.570. The molecule has 0 aliphatic rings. The maximum Gasteiger partial charge on any atom is 0.325 e. The van der Waals surface area contributed by atoms with E-state index in [1.165, 1.54) is 0 Å². The smallest absolute Gasteiger partial charge is 0.325 e. The van der Waals surface area contributed by atoms with Crippen molar-refractivity contribution in [2.45, 2.75) is 13.8 Å². The quantitative estimate of drug-likeness (QED) is 0.747. The highest BCUT2D eigenvalue weighted by molar-refractivity contribution is 5.98. The average molecular weight is 251 g/mol. The highest BCUT2D eigenvalue weighted by Gasteiger charge is 2.17. The SMILES string of the molecule is CCOC(=O)CN(CC)c1ncccc1C(N)=O. The third-order valence-corrected chi connectivity index (χ3v) is 2.36. The standard InChI is InChI=1S/C12H17N3O3/c1-3-15(8-10(16)18-4-2)12-9(11(13)17)6-5-7-14-12/h5-7H,3-4,8H2,1-2H3,(H2,13,17). The topological polar surface area (TPSA) is 85.5 Å². The fraction of sp³-hybridized carbons (Fsp3) is 0.417. The fourth-order valence-electron chi connectivity index (χ4n) is 1.54. The molecule has 2 N–H and O–H groups in total. The summed E-state index contributed by atoms with van der Waals surface area (Å²) >= 11 is 0. The number of primary amides is 1. The molecule has 1 amide bonds. The molecule has 0 bridgehead atoms. The summed E-state index contributed by atoms with van der Waals surface area (Å²) < 4.78 is 4.87. The third kappa shape index (κ3) is 3.44. The number of aromatic nitrogens is 1. The van der Waals surface area contributed by atoms with Crippen molar-refractivity contribution < 1.29 is 14.3 Å². The van der Waals surface area contributed by atoms with Gasteiger partial charge in [0.25, 0.3) is 5.91 Å². The number of carbonyl (C=O) groups excluding carboxylic acids is 2. The van der Waals surface area contributed by atoms with E-state index in [2.05, 4.69) is 4.98 Å². The Labute approximate surface area is 106 Å². The van der Waals surface area contributed by atoms with Crippen LogP contribution >= 0.6 is 0 Å². The van der Waals surface area contributed by atoms with E-state index in [4.69, 9.17) is 10.5 Å². The second-order valence-electron chi connectivity index (χ2n) is 3.56. The number of esters is 1. The number of ether oxygens (including phenoxy) is 1. The Morgan fingerprint density at radius 3 is 2.72 bits per heavy atom. The van der Waals surface area contributed by atoms with Crippen LogP contribution in [0.1, 0.15) is 24.2 Å². The lowest BCUT2D eigenvalue weighted by atomic mass is 10.2. The number of hydrogen-bond acceptors (Lipinski definition) is 5. The minimum Gasteiger partial charge on any atom is -0.465 e. The molecule has 0 atom stereocenters. The zero-order valence-electron chi connectivity index (χ0n) is 10.5. The molecule has 0 saturated carbocycles. The van der Waals surface area contributed by atoms with E-state index in [0.29, 0.717) is 24.5 Å². The molecule has 98 valence electrons. The number of rotatable bonds is 6. The van der Waals surface area contributed by atoms with Crippen LogP contribution in [0.4, 0.5) is 5.82 Å². The molecule has 1 aromatic rings. The molecule has 1 heterocycles. The molecule has 0 unspecified atom stereocenters. The monoisotopic (exact) mass is 251 g/mol. The van der Waals surface area contributed by atoms with Gasteiger partial charge in [0.05, 0.1) is 12.2 Å². The summed E-state index contributed by atoms with van der Waals surface area (Å²) in [6.07, 6.45) is 1.55. The highest BCUT2D eigenvalue weighted by Crippen LogP contribution is 2.16. The number of likely N-dealkylation sites (N-methyl/N-ethyl adjacent to an activating group) is 1. The molecule has 0 aliphatic heterocycles. The van der Waals surface area contributed by atoms with Gasteiger partial charge < -0.3 is 15.4 Å². The van der Waals surface area contributed by atoms with E-state index in [1.807, 2.05) is 6.92 Å². The number of carbonyl (C=O) groups is 2. The van der Waals surface area contributed by atoms with Gasteiger partial charge in [-0.2, -0.15) is 0 Å². The fourth-order valence-corrected chi connectivity index (χ4v) is 1.54. The summed E-state index contributed by atoms with van der Waals surface area (Å²) in [6, 6.07) is 3.21. The second kappa shape index (κ2) is 6.58. The predicted molar refractivity (Wildman–Crippen MR) is 67.3 cm³/mol. The molecule has 6 heteroatoms. The number of nitrogens with two attached hydrogens (primary N) is 1. The van der Waals surface area contributed by atoms with Crippen LogP contribution in [-0.2, 0) is 9.53 Å². The molecule has 18 heavy (non-hydrogen) atoms. The van der Waals surface area contributed by atoms with Crippen LogP contribution in [0.25, 0.3) is 0 Å². The molecule has 1 rings (SSSR count). The van der Waals surface area contributed by atoms with Crippen LogP contribution in [0.3, 0.4) is 0 Å². The summed E-state index contributed by atoms with van der Waals surface area (Å²) in [4.78, 5) is 28.5. The van der Waals surface area contributed by atoms with Crippen molar-refractivity contribution in [1.29, 1.82) is 0 Å². The van der Waals surface area contributed by atoms with Gasteiger partial charge in [-0.05, 0) is 26.0 Å². The van der Waals surface area contributed by atoms with Gasteiger partial charge in [0.15, 0.2) is 0 Å². The molecule has 0 aliphatic carbocycles. The summed E-state index contributed by atoms with van der Waals surface area (Å²) in [5.41, 5.74) is 5.57. The second-order valence-corrected chi connectivity index (χ2v) is 3.56. The van der Waals surface area contributed by atoms with Gasteiger partial charge in [0.2, 0.25) is 0 Å². The van der Waals surface area contributed by atoms with E-state index in [0.717, 1.165) is 0 Å². The molecule has 0 spiro atoms. The number of anilines is 1. The van der Waals surface area contributed by atoms with Crippen LogP contribution in [0.2, 0.25) is 0 Å². The molecular weight excluding hydrogens is 234 g/mol. The maximum atomic E-state index is 11.5. The first-order valence-corrected chi connectivity index (χ1v) is 5.75. The number of amides is 1. The Balaban J connectivity index is 2.94. The Morgan fingerprint density at radius 1 is 1.44 bits per heavy atom. The zero-order valence-corrected chi connectivity index (χ0v) is 10.5. The van der Waals surface area contributed by atoms with Crippen molar-refractivity contribution in [3.8, 4) is 0 Å². The maximum absolute atomic E-state index is 11.5. The zero-order chi connectivity index (χ0) is 13.5. The van der Waals surface area contributed by atoms with Crippen LogP contribution in [0, 0.1) is 0 Å². The van der Waals surface area contributed by atoms with E-state index >= 15 is 0 Å². The Hall–Kier alpha value is -2.11. The van der Waals surface area contributed by atoms with Crippen molar-refractivity contribution in [2.75, 3.05) is 24.6 Å². The van der Waals surface area contributed by atoms with Crippen molar-refractivity contribution >= 4 is 17.7 Å². The number of pyridine rings is 1. The number of nitrogens with zero attached hydrogens (tertiary/aromatic N) is 2. The van der Waals surface area contributed by atoms with Crippen molar-refractivity contribution in [3.05, 3.63) is 23.9 Å². The normalized spacial score (nSPS) is 9.89. The van der Waals surface area contributed by atoms with Gasteiger partial charge in [-0.15, -0.1) is 0 Å². The largest absolute Gasteiger partial charge is 0.465 e. The molecule has 0 aromatic carbocycles. The summed E-state index contributed by atoms with van der Waals surface area (Å²) in [5.74, 6) is -0.526. The van der Waals surface area contributed by atoms with Gasteiger partial charge >= 0.3 is 5.97 Å². The molecular formula is C12H17N3O3. The Kier molecular flexibility index (Phi) is 5.10. The molecule has 0 fully saturated rings. The van der Waals surface area contributed by atoms with Crippen molar-refractivity contribution in [2.24, 2.45) is 5.73 Å². The van der Waals surface area contributed by atoms with Crippen molar-refractivity contribution in [1.82, 2.24) is 4.98 Å². The minimum atomic E-state index is -0.569. The van der Waals surface area contributed by atoms with Crippen molar-refractivity contribution in [3.63, 3.8) is 0 Å². The average Bonchev–Trinajstić information content (AvgIpc) is 2.36. The van der Waals surface area contributed by atoms with Gasteiger partial charge in [-0.1, -0.05) is 0 Å². The van der Waals surface area contributed by atoms with Crippen LogP contribution in [0.15, 0.2) is 18.3 Å². The van der Waals surface area contributed by atoms with Gasteiger partial charge in [0, 0.05) is 12.7 Å². The number of hydrogen-bond donors (Lipinski definition) is 1. The van der Waals surface area contributed by atoms with E-state index in [9.17, 15) is 9.59 Å². The van der Waals surface area contributed by atoms with Gasteiger partial charge in [-0.3, -0.25) is 9.59 Å². The first kappa shape index (κ1) is 14.0. The summed E-state index contributed by atoms with van der Waals surface area (Å²) in [6.45, 7) is 4.49. The molecule has 0 saturated heterocycles. The third-order valence-electron chi connectivity index (χ3n) is 2.36. The Morgan fingerprint density at radius 2 is 2.17 bits per heavy atom. The molecule has 6 nitrogen and oxygen atoms in total. The lowest BCUT2D eigenvalue weighted by Gasteiger charge is -2.22. The molecule has 1 aromatic heterocycles. The summed E-state index contributed by atoms with van der Waals surface area (Å²) in [5, 5.41) is 0. The minimum absolute atomic E-state index is 0.0433. The highest BCUT2D eigenvalue weighted by atomic mass is 16.5. The van der Waals surface area contributed by atoms with E-state index in [1.54, 1.807) is 30.2 Å². The lowest BCUT2D eigenvalue weighted by molar-refractivity contribution is -0.141. The Bertz CT molecular complexity index is 434. The van der Waals surface area contributed by atoms with Crippen LogP contribution in [0.5, 0.6) is 0 Å². The first-order valence-electron chi connectivity index (χ1n) is 5.75.